The van der Waals surface area contributed by atoms with Crippen LogP contribution in [0, 0.1) is 6.92 Å². The lowest BCUT2D eigenvalue weighted by Gasteiger charge is -2.09. The number of pyridine rings is 1. The second-order valence-electron chi connectivity index (χ2n) is 4.75. The Morgan fingerprint density at radius 2 is 1.95 bits per heavy atom. The summed E-state index contributed by atoms with van der Waals surface area (Å²) in [5, 5.41) is 1.15. The monoisotopic (exact) mass is 252 g/mol. The largest absolute Gasteiger partial charge is 0.465 e. The molecule has 1 unspecified atom stereocenters. The van der Waals surface area contributed by atoms with Gasteiger partial charge in [-0.3, -0.25) is 4.98 Å². The zero-order chi connectivity index (χ0) is 13.2. The van der Waals surface area contributed by atoms with E-state index in [0.717, 1.165) is 28.1 Å². The van der Waals surface area contributed by atoms with Crippen LogP contribution in [0.1, 0.15) is 23.3 Å². The van der Waals surface area contributed by atoms with Crippen molar-refractivity contribution in [1.82, 2.24) is 4.98 Å². The van der Waals surface area contributed by atoms with E-state index in [-0.39, 0.29) is 6.04 Å². The first-order valence-electron chi connectivity index (χ1n) is 6.39. The van der Waals surface area contributed by atoms with Gasteiger partial charge in [-0.2, -0.15) is 0 Å². The number of fused-ring (bicyclic) bond motifs is 1. The van der Waals surface area contributed by atoms with Gasteiger partial charge in [-0.1, -0.05) is 24.3 Å². The molecule has 2 heterocycles. The van der Waals surface area contributed by atoms with Gasteiger partial charge in [0.1, 0.15) is 11.5 Å². The normalized spacial score (nSPS) is 12.7. The molecule has 0 spiro atoms. The Balaban J connectivity index is 1.84. The summed E-state index contributed by atoms with van der Waals surface area (Å²) in [4.78, 5) is 4.63. The maximum atomic E-state index is 6.15. The molecule has 3 heteroatoms. The molecular formula is C16H16N2O. The number of hydrogen-bond donors (Lipinski definition) is 1. The second kappa shape index (κ2) is 4.86. The summed E-state index contributed by atoms with van der Waals surface area (Å²) in [6.45, 7) is 1.92. The summed E-state index contributed by atoms with van der Waals surface area (Å²) in [6, 6.07) is 15.9. The third kappa shape index (κ3) is 2.51. The van der Waals surface area contributed by atoms with E-state index in [1.54, 1.807) is 0 Å². The van der Waals surface area contributed by atoms with Gasteiger partial charge in [-0.25, -0.2) is 0 Å². The van der Waals surface area contributed by atoms with Crippen LogP contribution in [0.4, 0.5) is 0 Å². The molecule has 0 amide bonds. The van der Waals surface area contributed by atoms with Crippen LogP contribution in [0.15, 0.2) is 52.9 Å². The highest BCUT2D eigenvalue weighted by molar-refractivity contribution is 5.78. The van der Waals surface area contributed by atoms with Crippen molar-refractivity contribution in [2.45, 2.75) is 19.4 Å². The first kappa shape index (κ1) is 11.9. The molecule has 0 fully saturated rings. The number of aromatic nitrogens is 1. The Morgan fingerprint density at radius 3 is 2.74 bits per heavy atom. The Hall–Kier alpha value is -2.13. The minimum Gasteiger partial charge on any atom is -0.465 e. The van der Waals surface area contributed by atoms with E-state index < -0.39 is 0 Å². The number of hydrogen-bond acceptors (Lipinski definition) is 3. The van der Waals surface area contributed by atoms with E-state index in [2.05, 4.69) is 17.1 Å². The molecule has 0 aliphatic rings. The Morgan fingerprint density at radius 1 is 1.11 bits per heavy atom. The molecule has 0 saturated heterocycles. The lowest BCUT2D eigenvalue weighted by atomic mass is 10.1. The highest BCUT2D eigenvalue weighted by Crippen LogP contribution is 2.19. The molecule has 3 rings (SSSR count). The molecule has 2 aromatic heterocycles. The lowest BCUT2D eigenvalue weighted by molar-refractivity contribution is 0.443. The first-order chi connectivity index (χ1) is 9.22. The van der Waals surface area contributed by atoms with Gasteiger partial charge in [0, 0.05) is 17.5 Å². The summed E-state index contributed by atoms with van der Waals surface area (Å²) in [7, 11) is 0. The van der Waals surface area contributed by atoms with Crippen molar-refractivity contribution < 1.29 is 4.42 Å². The zero-order valence-corrected chi connectivity index (χ0v) is 10.8. The van der Waals surface area contributed by atoms with Gasteiger partial charge in [0.05, 0.1) is 11.6 Å². The van der Waals surface area contributed by atoms with Crippen molar-refractivity contribution >= 4 is 10.9 Å². The van der Waals surface area contributed by atoms with Crippen LogP contribution in [-0.2, 0) is 6.42 Å². The maximum Gasteiger partial charge on any atom is 0.121 e. The predicted octanol–water partition coefficient (Wildman–Crippen LogP) is 3.38. The highest BCUT2D eigenvalue weighted by atomic mass is 16.3. The third-order valence-electron chi connectivity index (χ3n) is 3.21. The van der Waals surface area contributed by atoms with E-state index in [1.165, 1.54) is 0 Å². The fourth-order valence-corrected chi connectivity index (χ4v) is 2.20. The molecule has 0 aliphatic heterocycles. The van der Waals surface area contributed by atoms with Crippen LogP contribution in [0.2, 0.25) is 0 Å². The van der Waals surface area contributed by atoms with Crippen molar-refractivity contribution in [2.24, 2.45) is 5.73 Å². The van der Waals surface area contributed by atoms with Gasteiger partial charge < -0.3 is 10.2 Å². The quantitative estimate of drug-likeness (QED) is 0.777. The Kier molecular flexibility index (Phi) is 3.05. The second-order valence-corrected chi connectivity index (χ2v) is 4.75. The number of nitrogens with zero attached hydrogens (tertiary/aromatic N) is 1. The van der Waals surface area contributed by atoms with Crippen molar-refractivity contribution in [3.8, 4) is 0 Å². The summed E-state index contributed by atoms with van der Waals surface area (Å²) >= 11 is 0. The lowest BCUT2D eigenvalue weighted by Crippen LogP contribution is -2.13. The van der Waals surface area contributed by atoms with Crippen molar-refractivity contribution in [2.75, 3.05) is 0 Å². The summed E-state index contributed by atoms with van der Waals surface area (Å²) in [6.07, 6.45) is 0.678. The number of furan rings is 1. The number of rotatable bonds is 3. The SMILES string of the molecule is Cc1ccc(C(N)Cc2ccc3ccccc3n2)o1. The fraction of sp³-hybridized carbons (Fsp3) is 0.188. The molecular weight excluding hydrogens is 236 g/mol. The van der Waals surface area contributed by atoms with Gasteiger partial charge in [0.25, 0.3) is 0 Å². The highest BCUT2D eigenvalue weighted by Gasteiger charge is 2.11. The number of aryl methyl sites for hydroxylation is 1. The third-order valence-corrected chi connectivity index (χ3v) is 3.21. The molecule has 3 nitrogen and oxygen atoms in total. The van der Waals surface area contributed by atoms with E-state index in [1.807, 2.05) is 43.3 Å². The molecule has 96 valence electrons. The van der Waals surface area contributed by atoms with Crippen LogP contribution in [0.25, 0.3) is 10.9 Å². The van der Waals surface area contributed by atoms with Crippen molar-refractivity contribution in [1.29, 1.82) is 0 Å². The van der Waals surface area contributed by atoms with Crippen LogP contribution in [0.5, 0.6) is 0 Å². The number of nitrogens with two attached hydrogens (primary N) is 1. The summed E-state index contributed by atoms with van der Waals surface area (Å²) in [5.74, 6) is 1.70. The molecule has 0 bridgehead atoms. The first-order valence-corrected chi connectivity index (χ1v) is 6.39. The average Bonchev–Trinajstić information content (AvgIpc) is 2.85. The Bertz CT molecular complexity index is 703. The average molecular weight is 252 g/mol. The van der Waals surface area contributed by atoms with Gasteiger partial charge in [-0.05, 0) is 31.2 Å². The molecule has 0 saturated carbocycles. The molecule has 1 aromatic carbocycles. The smallest absolute Gasteiger partial charge is 0.121 e. The fourth-order valence-electron chi connectivity index (χ4n) is 2.20. The van der Waals surface area contributed by atoms with Crippen molar-refractivity contribution in [3.05, 3.63) is 65.7 Å². The molecule has 19 heavy (non-hydrogen) atoms. The van der Waals surface area contributed by atoms with E-state index in [9.17, 15) is 0 Å². The number of benzene rings is 1. The minimum atomic E-state index is -0.151. The standard InChI is InChI=1S/C16H16N2O/c1-11-6-9-16(19-11)14(17)10-13-8-7-12-4-2-3-5-15(12)18-13/h2-9,14H,10,17H2,1H3. The molecule has 1 atom stereocenters. The van der Waals surface area contributed by atoms with Gasteiger partial charge in [0.15, 0.2) is 0 Å². The van der Waals surface area contributed by atoms with Crippen LogP contribution < -0.4 is 5.73 Å². The van der Waals surface area contributed by atoms with Gasteiger partial charge in [-0.15, -0.1) is 0 Å². The molecule has 0 aliphatic carbocycles. The summed E-state index contributed by atoms with van der Waals surface area (Å²) < 4.78 is 5.55. The molecule has 2 N–H and O–H groups in total. The van der Waals surface area contributed by atoms with Gasteiger partial charge in [0.2, 0.25) is 0 Å². The minimum absolute atomic E-state index is 0.151. The predicted molar refractivity (Wildman–Crippen MR) is 75.8 cm³/mol. The topological polar surface area (TPSA) is 52.0 Å². The maximum absolute atomic E-state index is 6.15. The van der Waals surface area contributed by atoms with E-state index in [0.29, 0.717) is 6.42 Å². The molecule has 3 aromatic rings. The van der Waals surface area contributed by atoms with Gasteiger partial charge >= 0.3 is 0 Å². The Labute approximate surface area is 112 Å². The number of para-hydroxylation sites is 1. The van der Waals surface area contributed by atoms with Crippen LogP contribution in [0.3, 0.4) is 0 Å². The van der Waals surface area contributed by atoms with E-state index >= 15 is 0 Å². The molecule has 0 radical (unpaired) electrons. The zero-order valence-electron chi connectivity index (χ0n) is 10.8. The summed E-state index contributed by atoms with van der Waals surface area (Å²) in [5.41, 5.74) is 8.14. The van der Waals surface area contributed by atoms with E-state index in [4.69, 9.17) is 10.2 Å². The van der Waals surface area contributed by atoms with Crippen LogP contribution >= 0.6 is 0 Å². The van der Waals surface area contributed by atoms with Crippen molar-refractivity contribution in [3.63, 3.8) is 0 Å². The van der Waals surface area contributed by atoms with Crippen LogP contribution in [-0.4, -0.2) is 4.98 Å².